The molecule has 2 aromatic rings. The molecule has 1 aliphatic rings. The van der Waals surface area contributed by atoms with Crippen molar-refractivity contribution in [1.82, 2.24) is 14.5 Å². The average molecular weight is 460 g/mol. The monoisotopic (exact) mass is 459 g/mol. The Kier molecular flexibility index (Phi) is 9.25. The van der Waals surface area contributed by atoms with E-state index in [1.807, 2.05) is 24.3 Å². The Hall–Kier alpha value is -1.77. The first-order valence-corrected chi connectivity index (χ1v) is 13.0. The molecule has 2 atom stereocenters. The van der Waals surface area contributed by atoms with Gasteiger partial charge in [-0.15, -0.1) is 0 Å². The maximum atomic E-state index is 12.9. The lowest BCUT2D eigenvalue weighted by molar-refractivity contribution is -0.0298. The summed E-state index contributed by atoms with van der Waals surface area (Å²) in [4.78, 5) is 2.71. The lowest BCUT2D eigenvalue weighted by Gasteiger charge is -2.37. The molecule has 6 nitrogen and oxygen atoms in total. The molecule has 3 rings (SSSR count). The Morgan fingerprint density at radius 1 is 0.906 bits per heavy atom. The van der Waals surface area contributed by atoms with Crippen LogP contribution in [0, 0.1) is 11.8 Å². The van der Waals surface area contributed by atoms with E-state index in [9.17, 15) is 8.42 Å². The van der Waals surface area contributed by atoms with E-state index in [0.717, 1.165) is 26.2 Å². The minimum absolute atomic E-state index is 0.0521. The molecule has 32 heavy (non-hydrogen) atoms. The van der Waals surface area contributed by atoms with Gasteiger partial charge in [0.15, 0.2) is 0 Å². The topological polar surface area (TPSA) is 61.9 Å². The summed E-state index contributed by atoms with van der Waals surface area (Å²) in [5.74, 6) is 0.740. The summed E-state index contributed by atoms with van der Waals surface area (Å²) in [6, 6.07) is 19.1. The van der Waals surface area contributed by atoms with Crippen LogP contribution >= 0.6 is 0 Å². The summed E-state index contributed by atoms with van der Waals surface area (Å²) in [7, 11) is -3.42. The Labute approximate surface area is 193 Å². The van der Waals surface area contributed by atoms with E-state index >= 15 is 0 Å². The summed E-state index contributed by atoms with van der Waals surface area (Å²) in [5.41, 5.74) is 1.23. The van der Waals surface area contributed by atoms with Crippen LogP contribution in [0.5, 0.6) is 0 Å². The first kappa shape index (κ1) is 24.9. The van der Waals surface area contributed by atoms with E-state index in [1.54, 1.807) is 28.6 Å². The van der Waals surface area contributed by atoms with Crippen molar-refractivity contribution in [3.8, 4) is 0 Å². The fourth-order valence-electron chi connectivity index (χ4n) is 3.93. The Balaban J connectivity index is 1.53. The second-order valence-electron chi connectivity index (χ2n) is 9.01. The van der Waals surface area contributed by atoms with Crippen molar-refractivity contribution >= 4 is 10.0 Å². The molecule has 1 heterocycles. The number of rotatable bonds is 11. The number of hydrogen-bond acceptors (Lipinski definition) is 5. The van der Waals surface area contributed by atoms with Gasteiger partial charge in [0, 0.05) is 45.2 Å². The highest BCUT2D eigenvalue weighted by Gasteiger charge is 2.30. The van der Waals surface area contributed by atoms with Crippen molar-refractivity contribution in [3.05, 3.63) is 66.2 Å². The maximum absolute atomic E-state index is 12.9. The van der Waals surface area contributed by atoms with E-state index in [0.29, 0.717) is 30.5 Å². The number of piperazine rings is 1. The molecule has 1 aliphatic heterocycles. The minimum atomic E-state index is -3.42. The zero-order valence-electron chi connectivity index (χ0n) is 19.5. The van der Waals surface area contributed by atoms with E-state index in [2.05, 4.69) is 43.1 Å². The summed E-state index contributed by atoms with van der Waals surface area (Å²) in [6.45, 7) is 11.3. The first-order chi connectivity index (χ1) is 15.4. The van der Waals surface area contributed by atoms with Gasteiger partial charge in [0.1, 0.15) is 6.23 Å². The van der Waals surface area contributed by atoms with Gasteiger partial charge >= 0.3 is 0 Å². The molecule has 0 radical (unpaired) electrons. The number of nitrogens with zero attached hydrogens (tertiary/aromatic N) is 2. The molecule has 0 saturated carbocycles. The van der Waals surface area contributed by atoms with Crippen LogP contribution in [-0.2, 0) is 21.3 Å². The van der Waals surface area contributed by atoms with E-state index in [4.69, 9.17) is 4.74 Å². The summed E-state index contributed by atoms with van der Waals surface area (Å²) in [5, 5.41) is 3.58. The van der Waals surface area contributed by atoms with Gasteiger partial charge < -0.3 is 9.64 Å². The number of nitrogens with one attached hydrogen (secondary N) is 1. The van der Waals surface area contributed by atoms with Crippen molar-refractivity contribution in [1.29, 1.82) is 0 Å². The fourth-order valence-corrected chi connectivity index (χ4v) is 5.38. The molecular weight excluding hydrogens is 422 g/mol. The molecule has 0 bridgehead atoms. The predicted octanol–water partition coefficient (Wildman–Crippen LogP) is 3.42. The molecule has 1 fully saturated rings. The number of benzene rings is 2. The van der Waals surface area contributed by atoms with Crippen molar-refractivity contribution in [2.24, 2.45) is 11.8 Å². The summed E-state index contributed by atoms with van der Waals surface area (Å²) >= 11 is 0. The number of sulfonamides is 1. The molecular formula is C25H37N3O3S. The van der Waals surface area contributed by atoms with Crippen molar-refractivity contribution in [2.75, 3.05) is 39.3 Å². The van der Waals surface area contributed by atoms with Gasteiger partial charge in [-0.05, 0) is 23.6 Å². The molecule has 0 aromatic heterocycles. The second-order valence-corrected chi connectivity index (χ2v) is 10.9. The standard InChI is InChI=1S/C25H37N3O3S/c1-21(2)20-31-25(26-18-23-10-6-4-7-11-23)22(3)19-27-14-16-28(17-15-27)32(29,30)24-12-8-5-9-13-24/h4-13,21-22,25-26H,14-20H2,1-3H3. The predicted molar refractivity (Wildman–Crippen MR) is 129 cm³/mol. The highest BCUT2D eigenvalue weighted by Crippen LogP contribution is 2.18. The van der Waals surface area contributed by atoms with Crippen LogP contribution < -0.4 is 5.32 Å². The van der Waals surface area contributed by atoms with Crippen LogP contribution in [0.15, 0.2) is 65.6 Å². The number of ether oxygens (including phenoxy) is 1. The van der Waals surface area contributed by atoms with Gasteiger partial charge in [-0.3, -0.25) is 5.32 Å². The third kappa shape index (κ3) is 7.12. The summed E-state index contributed by atoms with van der Waals surface area (Å²) in [6.07, 6.45) is -0.0521. The second kappa shape index (κ2) is 11.9. The molecule has 2 aromatic carbocycles. The lowest BCUT2D eigenvalue weighted by atomic mass is 10.1. The molecule has 0 spiro atoms. The van der Waals surface area contributed by atoms with Crippen LogP contribution in [0.25, 0.3) is 0 Å². The molecule has 1 N–H and O–H groups in total. The zero-order chi connectivity index (χ0) is 23.0. The first-order valence-electron chi connectivity index (χ1n) is 11.5. The third-order valence-corrected chi connectivity index (χ3v) is 7.65. The Morgan fingerprint density at radius 2 is 1.50 bits per heavy atom. The summed E-state index contributed by atoms with van der Waals surface area (Å²) < 4.78 is 33.6. The Morgan fingerprint density at radius 3 is 2.09 bits per heavy atom. The molecule has 0 aliphatic carbocycles. The van der Waals surface area contributed by atoms with Gasteiger partial charge in [0.2, 0.25) is 10.0 Å². The minimum Gasteiger partial charge on any atom is -0.363 e. The SMILES string of the molecule is CC(C)COC(NCc1ccccc1)C(C)CN1CCN(S(=O)(=O)c2ccccc2)CC1. The van der Waals surface area contributed by atoms with Crippen LogP contribution in [0.4, 0.5) is 0 Å². The van der Waals surface area contributed by atoms with Crippen LogP contribution in [0.1, 0.15) is 26.3 Å². The molecule has 1 saturated heterocycles. The third-order valence-electron chi connectivity index (χ3n) is 5.73. The molecule has 7 heteroatoms. The van der Waals surface area contributed by atoms with Crippen LogP contribution in [0.3, 0.4) is 0 Å². The van der Waals surface area contributed by atoms with Gasteiger partial charge in [0.05, 0.1) is 11.5 Å². The van der Waals surface area contributed by atoms with E-state index in [1.165, 1.54) is 5.56 Å². The molecule has 2 unspecified atom stereocenters. The van der Waals surface area contributed by atoms with Gasteiger partial charge in [-0.25, -0.2) is 8.42 Å². The van der Waals surface area contributed by atoms with Crippen LogP contribution in [0.2, 0.25) is 0 Å². The van der Waals surface area contributed by atoms with Crippen molar-refractivity contribution < 1.29 is 13.2 Å². The highest BCUT2D eigenvalue weighted by molar-refractivity contribution is 7.89. The quantitative estimate of drug-likeness (QED) is 0.522. The van der Waals surface area contributed by atoms with E-state index in [-0.39, 0.29) is 12.1 Å². The smallest absolute Gasteiger partial charge is 0.243 e. The molecule has 0 amide bonds. The van der Waals surface area contributed by atoms with Gasteiger partial charge in [-0.1, -0.05) is 69.3 Å². The number of hydrogen-bond donors (Lipinski definition) is 1. The fraction of sp³-hybridized carbons (Fsp3) is 0.520. The zero-order valence-corrected chi connectivity index (χ0v) is 20.3. The highest BCUT2D eigenvalue weighted by atomic mass is 32.2. The normalized spacial score (nSPS) is 18.0. The van der Waals surface area contributed by atoms with Crippen molar-refractivity contribution in [3.63, 3.8) is 0 Å². The lowest BCUT2D eigenvalue weighted by Crippen LogP contribution is -2.51. The average Bonchev–Trinajstić information content (AvgIpc) is 2.80. The largest absolute Gasteiger partial charge is 0.363 e. The van der Waals surface area contributed by atoms with Crippen LogP contribution in [-0.4, -0.2) is 63.2 Å². The van der Waals surface area contributed by atoms with Gasteiger partial charge in [0.25, 0.3) is 0 Å². The van der Waals surface area contributed by atoms with Crippen molar-refractivity contribution in [2.45, 2.75) is 38.4 Å². The Bertz CT molecular complexity index is 899. The maximum Gasteiger partial charge on any atom is 0.243 e. The van der Waals surface area contributed by atoms with Gasteiger partial charge in [-0.2, -0.15) is 4.31 Å². The molecule has 176 valence electrons. The van der Waals surface area contributed by atoms with E-state index < -0.39 is 10.0 Å².